The number of halogens is 3. The molecule has 1 saturated carbocycles. The van der Waals surface area contributed by atoms with E-state index in [9.17, 15) is 18.0 Å². The van der Waals surface area contributed by atoms with Crippen molar-refractivity contribution >= 4 is 6.41 Å². The molecule has 2 N–H and O–H groups in total. The van der Waals surface area contributed by atoms with Gasteiger partial charge in [-0.1, -0.05) is 0 Å². The Labute approximate surface area is 60.9 Å². The van der Waals surface area contributed by atoms with E-state index in [4.69, 9.17) is 5.84 Å². The largest absolute Gasteiger partial charge is 0.413 e. The van der Waals surface area contributed by atoms with Crippen molar-refractivity contribution in [1.29, 1.82) is 0 Å². The number of amides is 1. The number of nitrogens with zero attached hydrogens (tertiary/aromatic N) is 1. The van der Waals surface area contributed by atoms with Gasteiger partial charge in [0.05, 0.1) is 0 Å². The number of hydrogen-bond donors (Lipinski definition) is 1. The first-order valence-corrected chi connectivity index (χ1v) is 3.00. The molecule has 0 saturated heterocycles. The SMILES string of the molecule is NN(C=O)C1(C(F)(F)F)CC1. The van der Waals surface area contributed by atoms with E-state index in [0.717, 1.165) is 0 Å². The minimum absolute atomic E-state index is 0.000486. The third-order valence-electron chi connectivity index (χ3n) is 1.86. The van der Waals surface area contributed by atoms with Crippen molar-refractivity contribution in [1.82, 2.24) is 5.01 Å². The lowest BCUT2D eigenvalue weighted by Crippen LogP contribution is -2.51. The maximum Gasteiger partial charge on any atom is 0.413 e. The maximum absolute atomic E-state index is 12.1. The van der Waals surface area contributed by atoms with Gasteiger partial charge in [0, 0.05) is 0 Å². The van der Waals surface area contributed by atoms with Gasteiger partial charge in [-0.15, -0.1) is 0 Å². The second-order valence-electron chi connectivity index (χ2n) is 2.54. The number of hydrogen-bond acceptors (Lipinski definition) is 2. The molecule has 0 aliphatic heterocycles. The number of carbonyl (C=O) groups excluding carboxylic acids is 1. The lowest BCUT2D eigenvalue weighted by Gasteiger charge is -2.25. The fourth-order valence-electron chi connectivity index (χ4n) is 0.907. The molecule has 0 atom stereocenters. The summed E-state index contributed by atoms with van der Waals surface area (Å²) in [5, 5.41) is 0.201. The van der Waals surface area contributed by atoms with Crippen LogP contribution in [0.25, 0.3) is 0 Å². The van der Waals surface area contributed by atoms with Crippen LogP contribution in [-0.4, -0.2) is 23.1 Å². The van der Waals surface area contributed by atoms with E-state index < -0.39 is 11.7 Å². The summed E-state index contributed by atoms with van der Waals surface area (Å²) < 4.78 is 36.2. The molecule has 0 unspecified atom stereocenters. The summed E-state index contributed by atoms with van der Waals surface area (Å²) >= 11 is 0. The highest BCUT2D eigenvalue weighted by Crippen LogP contribution is 2.51. The van der Waals surface area contributed by atoms with Crippen LogP contribution in [0.5, 0.6) is 0 Å². The molecule has 11 heavy (non-hydrogen) atoms. The van der Waals surface area contributed by atoms with Gasteiger partial charge in [0.15, 0.2) is 5.54 Å². The van der Waals surface area contributed by atoms with Crippen molar-refractivity contribution in [3.63, 3.8) is 0 Å². The van der Waals surface area contributed by atoms with Crippen LogP contribution in [0.2, 0.25) is 0 Å². The highest BCUT2D eigenvalue weighted by molar-refractivity contribution is 5.49. The summed E-state index contributed by atoms with van der Waals surface area (Å²) in [6.07, 6.45) is -4.58. The standard InChI is InChI=1S/C5H7F3N2O/c6-5(7,8)4(1-2-4)10(9)3-11/h3H,1-2,9H2. The Morgan fingerprint density at radius 3 is 2.00 bits per heavy atom. The van der Waals surface area contributed by atoms with E-state index >= 15 is 0 Å². The molecule has 6 heteroatoms. The first-order valence-electron chi connectivity index (χ1n) is 3.00. The van der Waals surface area contributed by atoms with Crippen LogP contribution in [0.4, 0.5) is 13.2 Å². The van der Waals surface area contributed by atoms with Gasteiger partial charge in [-0.05, 0) is 12.8 Å². The van der Waals surface area contributed by atoms with Crippen LogP contribution in [0.1, 0.15) is 12.8 Å². The molecule has 1 aliphatic carbocycles. The fraction of sp³-hybridized carbons (Fsp3) is 0.800. The second kappa shape index (κ2) is 2.10. The van der Waals surface area contributed by atoms with Crippen LogP contribution in [0, 0.1) is 0 Å². The summed E-state index contributed by atoms with van der Waals surface area (Å²) in [5.41, 5.74) is -2.06. The van der Waals surface area contributed by atoms with Crippen molar-refractivity contribution in [2.75, 3.05) is 0 Å². The molecule has 1 fully saturated rings. The average Bonchev–Trinajstić information content (AvgIpc) is 2.63. The Morgan fingerprint density at radius 1 is 1.45 bits per heavy atom. The summed E-state index contributed by atoms with van der Waals surface area (Å²) in [5.74, 6) is 4.84. The molecule has 3 nitrogen and oxygen atoms in total. The summed E-state index contributed by atoms with van der Waals surface area (Å²) in [4.78, 5) is 9.94. The Balaban J connectivity index is 2.75. The van der Waals surface area contributed by atoms with Gasteiger partial charge in [0.1, 0.15) is 0 Å². The van der Waals surface area contributed by atoms with E-state index in [0.29, 0.717) is 0 Å². The zero-order chi connectivity index (χ0) is 8.70. The molecule has 0 aromatic carbocycles. The molecule has 0 aromatic heterocycles. The molecular weight excluding hydrogens is 161 g/mol. The van der Waals surface area contributed by atoms with Gasteiger partial charge in [-0.2, -0.15) is 13.2 Å². The molecule has 0 radical (unpaired) electrons. The minimum atomic E-state index is -4.40. The second-order valence-corrected chi connectivity index (χ2v) is 2.54. The van der Waals surface area contributed by atoms with Gasteiger partial charge < -0.3 is 0 Å². The number of alkyl halides is 3. The van der Waals surface area contributed by atoms with E-state index in [-0.39, 0.29) is 24.3 Å². The van der Waals surface area contributed by atoms with E-state index in [1.54, 1.807) is 0 Å². The van der Waals surface area contributed by atoms with Crippen LogP contribution in [0.15, 0.2) is 0 Å². The minimum Gasteiger partial charge on any atom is -0.277 e. The molecule has 0 aromatic rings. The molecule has 1 aliphatic rings. The third kappa shape index (κ3) is 1.07. The monoisotopic (exact) mass is 168 g/mol. The first kappa shape index (κ1) is 8.32. The normalized spacial score (nSPS) is 21.1. The van der Waals surface area contributed by atoms with Crippen molar-refractivity contribution in [3.8, 4) is 0 Å². The number of rotatable bonds is 2. The molecule has 1 amide bonds. The van der Waals surface area contributed by atoms with Gasteiger partial charge in [0.2, 0.25) is 6.41 Å². The van der Waals surface area contributed by atoms with E-state index in [1.807, 2.05) is 0 Å². The fourth-order valence-corrected chi connectivity index (χ4v) is 0.907. The van der Waals surface area contributed by atoms with Crippen molar-refractivity contribution in [3.05, 3.63) is 0 Å². The molecule has 1 rings (SSSR count). The Hall–Kier alpha value is -0.780. The maximum atomic E-state index is 12.1. The predicted octanol–water partition coefficient (Wildman–Crippen LogP) is 0.413. The average molecular weight is 168 g/mol. The Morgan fingerprint density at radius 2 is 1.91 bits per heavy atom. The molecule has 0 heterocycles. The van der Waals surface area contributed by atoms with Gasteiger partial charge in [0.25, 0.3) is 0 Å². The summed E-state index contributed by atoms with van der Waals surface area (Å²) in [7, 11) is 0. The van der Waals surface area contributed by atoms with E-state index in [1.165, 1.54) is 0 Å². The lowest BCUT2D eigenvalue weighted by atomic mass is 10.2. The topological polar surface area (TPSA) is 46.3 Å². The number of nitrogens with two attached hydrogens (primary N) is 1. The molecule has 0 bridgehead atoms. The van der Waals surface area contributed by atoms with Crippen LogP contribution in [-0.2, 0) is 4.79 Å². The third-order valence-corrected chi connectivity index (χ3v) is 1.86. The molecule has 0 spiro atoms. The van der Waals surface area contributed by atoms with Gasteiger partial charge in [-0.3, -0.25) is 9.80 Å². The van der Waals surface area contributed by atoms with Crippen LogP contribution >= 0.6 is 0 Å². The van der Waals surface area contributed by atoms with Gasteiger partial charge in [-0.25, -0.2) is 5.84 Å². The highest BCUT2D eigenvalue weighted by Gasteiger charge is 2.66. The first-order chi connectivity index (χ1) is 4.94. The van der Waals surface area contributed by atoms with E-state index in [2.05, 4.69) is 0 Å². The van der Waals surface area contributed by atoms with Crippen molar-refractivity contribution < 1.29 is 18.0 Å². The smallest absolute Gasteiger partial charge is 0.277 e. The quantitative estimate of drug-likeness (QED) is 0.281. The Bertz CT molecular complexity index is 175. The highest BCUT2D eigenvalue weighted by atomic mass is 19.4. The zero-order valence-corrected chi connectivity index (χ0v) is 5.56. The summed E-state index contributed by atoms with van der Waals surface area (Å²) in [6.45, 7) is 0. The predicted molar refractivity (Wildman–Crippen MR) is 30.1 cm³/mol. The lowest BCUT2D eigenvalue weighted by molar-refractivity contribution is -0.196. The van der Waals surface area contributed by atoms with Crippen molar-refractivity contribution in [2.45, 2.75) is 24.6 Å². The summed E-state index contributed by atoms with van der Waals surface area (Å²) in [6, 6.07) is 0. The number of hydrazine groups is 1. The zero-order valence-electron chi connectivity index (χ0n) is 5.56. The molecule has 64 valence electrons. The van der Waals surface area contributed by atoms with Crippen LogP contribution < -0.4 is 5.84 Å². The Kier molecular flexibility index (Phi) is 1.59. The van der Waals surface area contributed by atoms with Crippen LogP contribution in [0.3, 0.4) is 0 Å². The number of carbonyl (C=O) groups is 1. The molecular formula is C5H7F3N2O. The van der Waals surface area contributed by atoms with Crippen molar-refractivity contribution in [2.24, 2.45) is 5.84 Å². The van der Waals surface area contributed by atoms with Gasteiger partial charge >= 0.3 is 6.18 Å².